The van der Waals surface area contributed by atoms with E-state index in [2.05, 4.69) is 19.2 Å². The lowest BCUT2D eigenvalue weighted by Crippen LogP contribution is -2.36. The van der Waals surface area contributed by atoms with E-state index in [-0.39, 0.29) is 16.7 Å². The van der Waals surface area contributed by atoms with Gasteiger partial charge in [0.2, 0.25) is 0 Å². The molecule has 1 atom stereocenters. The molecular formula is C11H13F2NS. The van der Waals surface area contributed by atoms with Gasteiger partial charge in [-0.2, -0.15) is 0 Å². The Morgan fingerprint density at radius 1 is 1.40 bits per heavy atom. The molecule has 0 bridgehead atoms. The first-order valence-corrected chi connectivity index (χ1v) is 5.87. The van der Waals surface area contributed by atoms with Crippen LogP contribution in [0.5, 0.6) is 0 Å². The summed E-state index contributed by atoms with van der Waals surface area (Å²) in [5.41, 5.74) is 0.388. The highest BCUT2D eigenvalue weighted by Gasteiger charge is 2.32. The summed E-state index contributed by atoms with van der Waals surface area (Å²) in [6, 6.07) is 3.59. The molecule has 1 N–H and O–H groups in total. The summed E-state index contributed by atoms with van der Waals surface area (Å²) in [5, 5.41) is 3.13. The van der Waals surface area contributed by atoms with Gasteiger partial charge in [0.05, 0.1) is 5.37 Å². The molecule has 1 fully saturated rings. The summed E-state index contributed by atoms with van der Waals surface area (Å²) >= 11 is 1.61. The van der Waals surface area contributed by atoms with E-state index in [9.17, 15) is 8.78 Å². The molecule has 2 rings (SSSR count). The lowest BCUT2D eigenvalue weighted by Gasteiger charge is -2.19. The normalized spacial score (nSPS) is 24.4. The van der Waals surface area contributed by atoms with E-state index in [1.165, 1.54) is 12.1 Å². The minimum absolute atomic E-state index is 0.0198. The highest BCUT2D eigenvalue weighted by atomic mass is 32.2. The van der Waals surface area contributed by atoms with Gasteiger partial charge >= 0.3 is 0 Å². The quantitative estimate of drug-likeness (QED) is 0.794. The maximum Gasteiger partial charge on any atom is 0.129 e. The SMILES string of the molecule is CC1(C)CSC(c2cc(F)ccc2F)N1. The molecule has 1 saturated heterocycles. The number of hydrogen-bond donors (Lipinski definition) is 1. The second-order valence-corrected chi connectivity index (χ2v) is 5.48. The third-order valence-corrected chi connectivity index (χ3v) is 3.97. The van der Waals surface area contributed by atoms with Crippen molar-refractivity contribution in [3.8, 4) is 0 Å². The fraction of sp³-hybridized carbons (Fsp3) is 0.455. The lowest BCUT2D eigenvalue weighted by atomic mass is 10.1. The van der Waals surface area contributed by atoms with Crippen LogP contribution < -0.4 is 5.32 Å². The summed E-state index contributed by atoms with van der Waals surface area (Å²) in [5.74, 6) is 0.158. The van der Waals surface area contributed by atoms with Crippen molar-refractivity contribution < 1.29 is 8.78 Å². The van der Waals surface area contributed by atoms with E-state index in [4.69, 9.17) is 0 Å². The fourth-order valence-corrected chi connectivity index (χ4v) is 3.04. The summed E-state index contributed by atoms with van der Waals surface area (Å²) in [6.45, 7) is 4.11. The maximum absolute atomic E-state index is 13.5. The zero-order valence-corrected chi connectivity index (χ0v) is 9.50. The first-order valence-electron chi connectivity index (χ1n) is 4.82. The van der Waals surface area contributed by atoms with Crippen LogP contribution in [0.2, 0.25) is 0 Å². The van der Waals surface area contributed by atoms with Crippen LogP contribution in [0.1, 0.15) is 24.8 Å². The average Bonchev–Trinajstić information content (AvgIpc) is 2.50. The molecule has 1 unspecified atom stereocenters. The van der Waals surface area contributed by atoms with Gasteiger partial charge < -0.3 is 0 Å². The number of benzene rings is 1. The van der Waals surface area contributed by atoms with Gasteiger partial charge in [-0.15, -0.1) is 11.8 Å². The summed E-state index contributed by atoms with van der Waals surface area (Å²) < 4.78 is 26.4. The van der Waals surface area contributed by atoms with Gasteiger partial charge in [0, 0.05) is 16.9 Å². The van der Waals surface area contributed by atoms with Crippen molar-refractivity contribution in [2.24, 2.45) is 0 Å². The van der Waals surface area contributed by atoms with Crippen LogP contribution in [0, 0.1) is 11.6 Å². The monoisotopic (exact) mass is 229 g/mol. The van der Waals surface area contributed by atoms with Crippen molar-refractivity contribution in [3.05, 3.63) is 35.4 Å². The second kappa shape index (κ2) is 3.76. The number of halogens is 2. The first kappa shape index (κ1) is 10.9. The van der Waals surface area contributed by atoms with Gasteiger partial charge in [0.1, 0.15) is 11.6 Å². The molecule has 82 valence electrons. The van der Waals surface area contributed by atoms with Crippen LogP contribution >= 0.6 is 11.8 Å². The van der Waals surface area contributed by atoms with Gasteiger partial charge in [-0.1, -0.05) is 0 Å². The Bertz CT molecular complexity index is 379. The number of thioether (sulfide) groups is 1. The lowest BCUT2D eigenvalue weighted by molar-refractivity contribution is 0.443. The topological polar surface area (TPSA) is 12.0 Å². The van der Waals surface area contributed by atoms with Gasteiger partial charge in [-0.25, -0.2) is 8.78 Å². The van der Waals surface area contributed by atoms with Crippen LogP contribution in [-0.4, -0.2) is 11.3 Å². The molecule has 15 heavy (non-hydrogen) atoms. The predicted octanol–water partition coefficient (Wildman–Crippen LogP) is 3.08. The zero-order valence-electron chi connectivity index (χ0n) is 8.68. The number of rotatable bonds is 1. The molecule has 0 spiro atoms. The second-order valence-electron chi connectivity index (χ2n) is 4.39. The van der Waals surface area contributed by atoms with Crippen molar-refractivity contribution in [3.63, 3.8) is 0 Å². The molecule has 1 aliphatic heterocycles. The average molecular weight is 229 g/mol. The van der Waals surface area contributed by atoms with E-state index in [1.807, 2.05) is 0 Å². The molecule has 0 radical (unpaired) electrons. The highest BCUT2D eigenvalue weighted by molar-refractivity contribution is 7.99. The first-order chi connectivity index (χ1) is 6.98. The highest BCUT2D eigenvalue weighted by Crippen LogP contribution is 2.38. The van der Waals surface area contributed by atoms with Crippen molar-refractivity contribution in [2.75, 3.05) is 5.75 Å². The molecule has 1 aliphatic rings. The molecule has 1 aromatic rings. The standard InChI is InChI=1S/C11H13F2NS/c1-11(2)6-15-10(14-11)8-5-7(12)3-4-9(8)13/h3-5,10,14H,6H2,1-2H3. The molecule has 1 heterocycles. The predicted molar refractivity (Wildman–Crippen MR) is 58.8 cm³/mol. The van der Waals surface area contributed by atoms with Gasteiger partial charge in [0.15, 0.2) is 0 Å². The fourth-order valence-electron chi connectivity index (χ4n) is 1.61. The minimum Gasteiger partial charge on any atom is -0.296 e. The Labute approximate surface area is 92.3 Å². The van der Waals surface area contributed by atoms with Crippen LogP contribution in [-0.2, 0) is 0 Å². The molecule has 0 amide bonds. The largest absolute Gasteiger partial charge is 0.296 e. The van der Waals surface area contributed by atoms with E-state index in [0.29, 0.717) is 5.56 Å². The Morgan fingerprint density at radius 3 is 2.73 bits per heavy atom. The number of hydrogen-bond acceptors (Lipinski definition) is 2. The van der Waals surface area contributed by atoms with E-state index in [0.717, 1.165) is 11.8 Å². The Balaban J connectivity index is 2.27. The van der Waals surface area contributed by atoms with Crippen LogP contribution in [0.25, 0.3) is 0 Å². The molecule has 0 saturated carbocycles. The molecule has 4 heteroatoms. The minimum atomic E-state index is -0.390. The van der Waals surface area contributed by atoms with E-state index in [1.54, 1.807) is 11.8 Å². The Hall–Kier alpha value is -0.610. The van der Waals surface area contributed by atoms with Crippen molar-refractivity contribution >= 4 is 11.8 Å². The van der Waals surface area contributed by atoms with Crippen molar-refractivity contribution in [2.45, 2.75) is 24.8 Å². The van der Waals surface area contributed by atoms with Crippen LogP contribution in [0.15, 0.2) is 18.2 Å². The molecule has 1 nitrogen and oxygen atoms in total. The summed E-state index contributed by atoms with van der Waals surface area (Å²) in [7, 11) is 0. The zero-order chi connectivity index (χ0) is 11.1. The molecule has 0 aromatic heterocycles. The van der Waals surface area contributed by atoms with Crippen LogP contribution in [0.4, 0.5) is 8.78 Å². The van der Waals surface area contributed by atoms with Crippen LogP contribution in [0.3, 0.4) is 0 Å². The third kappa shape index (κ3) is 2.32. The van der Waals surface area contributed by atoms with E-state index < -0.39 is 5.82 Å². The number of nitrogens with one attached hydrogen (secondary N) is 1. The van der Waals surface area contributed by atoms with Gasteiger partial charge in [-0.3, -0.25) is 5.32 Å². The summed E-state index contributed by atoms with van der Waals surface area (Å²) in [6.07, 6.45) is 0. The molecule has 1 aromatic carbocycles. The van der Waals surface area contributed by atoms with Gasteiger partial charge in [0.25, 0.3) is 0 Å². The maximum atomic E-state index is 13.5. The van der Waals surface area contributed by atoms with Crippen molar-refractivity contribution in [1.29, 1.82) is 0 Å². The smallest absolute Gasteiger partial charge is 0.129 e. The van der Waals surface area contributed by atoms with Crippen molar-refractivity contribution in [1.82, 2.24) is 5.32 Å². The summed E-state index contributed by atoms with van der Waals surface area (Å²) in [4.78, 5) is 0. The molecular weight excluding hydrogens is 216 g/mol. The Kier molecular flexibility index (Phi) is 2.73. The third-order valence-electron chi connectivity index (χ3n) is 2.37. The van der Waals surface area contributed by atoms with E-state index >= 15 is 0 Å². The molecule has 0 aliphatic carbocycles. The Morgan fingerprint density at radius 2 is 2.13 bits per heavy atom. The van der Waals surface area contributed by atoms with Gasteiger partial charge in [-0.05, 0) is 32.0 Å².